The molecule has 5 nitrogen and oxygen atoms in total. The lowest BCUT2D eigenvalue weighted by Crippen LogP contribution is -2.27. The average molecular weight is 315 g/mol. The minimum atomic E-state index is -0.269. The van der Waals surface area contributed by atoms with Gasteiger partial charge in [-0.05, 0) is 32.3 Å². The van der Waals surface area contributed by atoms with E-state index in [-0.39, 0.29) is 17.9 Å². The zero-order valence-electron chi connectivity index (χ0n) is 14.1. The van der Waals surface area contributed by atoms with Gasteiger partial charge in [-0.1, -0.05) is 31.2 Å². The summed E-state index contributed by atoms with van der Waals surface area (Å²) in [6.07, 6.45) is 3.93. The third kappa shape index (κ3) is 6.21. The van der Waals surface area contributed by atoms with Crippen molar-refractivity contribution in [2.75, 3.05) is 6.61 Å². The molecule has 0 aromatic heterocycles. The molecule has 0 aliphatic heterocycles. The fourth-order valence-corrected chi connectivity index (χ4v) is 2.12. The maximum absolute atomic E-state index is 12.3. The van der Waals surface area contributed by atoms with E-state index >= 15 is 0 Å². The monoisotopic (exact) mass is 315 g/mol. The Kier molecular flexibility index (Phi) is 7.43. The molecule has 0 aliphatic rings. The third-order valence-corrected chi connectivity index (χ3v) is 3.74. The van der Waals surface area contributed by atoms with Gasteiger partial charge in [-0.15, -0.1) is 0 Å². The van der Waals surface area contributed by atoms with Crippen LogP contribution >= 0.6 is 0 Å². The van der Waals surface area contributed by atoms with Crippen molar-refractivity contribution in [1.82, 2.24) is 5.32 Å². The van der Waals surface area contributed by atoms with Gasteiger partial charge < -0.3 is 5.11 Å². The number of aliphatic hydroxyl groups is 1. The predicted molar refractivity (Wildman–Crippen MR) is 91.4 cm³/mol. The molecule has 0 saturated carbocycles. The third-order valence-electron chi connectivity index (χ3n) is 3.74. The molecule has 5 heteroatoms. The van der Waals surface area contributed by atoms with Gasteiger partial charge in [-0.2, -0.15) is 5.26 Å². The summed E-state index contributed by atoms with van der Waals surface area (Å²) < 4.78 is 0. The van der Waals surface area contributed by atoms with Crippen LogP contribution in [0, 0.1) is 11.5 Å². The molecule has 0 amide bonds. The summed E-state index contributed by atoms with van der Waals surface area (Å²) >= 11 is 0. The number of amidine groups is 1. The number of nitriles is 1. The minimum Gasteiger partial charge on any atom is -0.396 e. The number of ketones is 1. The molecule has 124 valence electrons. The minimum absolute atomic E-state index is 0.000657. The van der Waals surface area contributed by atoms with Crippen molar-refractivity contribution >= 4 is 11.6 Å². The van der Waals surface area contributed by atoms with Gasteiger partial charge in [0.05, 0.1) is 5.54 Å². The highest BCUT2D eigenvalue weighted by atomic mass is 16.3. The molecule has 1 aromatic carbocycles. The van der Waals surface area contributed by atoms with Gasteiger partial charge in [0, 0.05) is 25.0 Å². The van der Waals surface area contributed by atoms with Crippen molar-refractivity contribution in [2.24, 2.45) is 4.99 Å². The van der Waals surface area contributed by atoms with Crippen molar-refractivity contribution in [2.45, 2.75) is 52.0 Å². The van der Waals surface area contributed by atoms with Gasteiger partial charge in [0.25, 0.3) is 0 Å². The number of carbonyl (C=O) groups is 1. The highest BCUT2D eigenvalue weighted by Crippen LogP contribution is 2.17. The number of nitrogens with zero attached hydrogens (tertiary/aromatic N) is 2. The van der Waals surface area contributed by atoms with Gasteiger partial charge in [0.2, 0.25) is 0 Å². The highest BCUT2D eigenvalue weighted by molar-refractivity contribution is 5.99. The number of hydrogen-bond donors (Lipinski definition) is 2. The van der Waals surface area contributed by atoms with E-state index in [1.165, 1.54) is 0 Å². The molecule has 0 aliphatic carbocycles. The number of carbonyl (C=O) groups excluding carboxylic acids is 1. The first-order valence-electron chi connectivity index (χ1n) is 7.89. The Labute approximate surface area is 138 Å². The summed E-state index contributed by atoms with van der Waals surface area (Å²) in [5.74, 6) is 0.558. The van der Waals surface area contributed by atoms with Crippen molar-refractivity contribution in [1.29, 1.82) is 5.26 Å². The van der Waals surface area contributed by atoms with E-state index in [2.05, 4.69) is 10.3 Å². The number of nitrogens with one attached hydrogen (secondary N) is 1. The number of Topliss-reactive ketones (excluding diaryl/α,β-unsaturated/α-hetero) is 1. The van der Waals surface area contributed by atoms with E-state index in [4.69, 9.17) is 10.4 Å². The van der Waals surface area contributed by atoms with E-state index in [0.717, 1.165) is 12.0 Å². The van der Waals surface area contributed by atoms with E-state index < -0.39 is 0 Å². The molecule has 2 N–H and O–H groups in total. The van der Waals surface area contributed by atoms with E-state index in [0.29, 0.717) is 30.7 Å². The molecular weight excluding hydrogens is 290 g/mol. The lowest BCUT2D eigenvalue weighted by atomic mass is 9.97. The summed E-state index contributed by atoms with van der Waals surface area (Å²) in [5.41, 5.74) is 1.20. The first-order valence-corrected chi connectivity index (χ1v) is 7.89. The largest absolute Gasteiger partial charge is 0.396 e. The Morgan fingerprint density at radius 2 is 2.09 bits per heavy atom. The number of aliphatic hydroxyl groups excluding tert-OH is 1. The van der Waals surface area contributed by atoms with Crippen LogP contribution < -0.4 is 5.32 Å². The predicted octanol–water partition coefficient (Wildman–Crippen LogP) is 2.84. The van der Waals surface area contributed by atoms with Crippen LogP contribution in [0.25, 0.3) is 0 Å². The quantitative estimate of drug-likeness (QED) is 0.254. The SMILES string of the molecule is CCC(C)(C)N=C(Cc1ccccc1C(=O)CCCO)NC#N. The Morgan fingerprint density at radius 1 is 1.39 bits per heavy atom. The number of benzene rings is 1. The molecule has 1 aromatic rings. The van der Waals surface area contributed by atoms with Gasteiger partial charge in [-0.3, -0.25) is 15.1 Å². The molecule has 0 bridgehead atoms. The summed E-state index contributed by atoms with van der Waals surface area (Å²) in [7, 11) is 0. The van der Waals surface area contributed by atoms with Gasteiger partial charge in [0.1, 0.15) is 5.84 Å². The zero-order valence-corrected chi connectivity index (χ0v) is 14.1. The maximum atomic E-state index is 12.3. The van der Waals surface area contributed by atoms with Crippen molar-refractivity contribution in [3.63, 3.8) is 0 Å². The molecule has 0 fully saturated rings. The number of rotatable bonds is 8. The molecule has 0 spiro atoms. The van der Waals surface area contributed by atoms with Crippen molar-refractivity contribution in [3.8, 4) is 6.19 Å². The van der Waals surface area contributed by atoms with Crippen LogP contribution in [0.4, 0.5) is 0 Å². The summed E-state index contributed by atoms with van der Waals surface area (Å²) in [6, 6.07) is 7.34. The van der Waals surface area contributed by atoms with E-state index in [9.17, 15) is 4.79 Å². The topological polar surface area (TPSA) is 85.5 Å². The van der Waals surface area contributed by atoms with Crippen LogP contribution in [0.15, 0.2) is 29.3 Å². The fourth-order valence-electron chi connectivity index (χ4n) is 2.12. The molecule has 0 heterocycles. The van der Waals surface area contributed by atoms with Crippen molar-refractivity contribution in [3.05, 3.63) is 35.4 Å². The molecule has 0 radical (unpaired) electrons. The summed E-state index contributed by atoms with van der Waals surface area (Å²) in [6.45, 7) is 6.05. The molecule has 0 unspecified atom stereocenters. The average Bonchev–Trinajstić information content (AvgIpc) is 2.53. The van der Waals surface area contributed by atoms with Crippen LogP contribution in [-0.2, 0) is 6.42 Å². The second-order valence-corrected chi connectivity index (χ2v) is 6.05. The van der Waals surface area contributed by atoms with Crippen molar-refractivity contribution < 1.29 is 9.90 Å². The lowest BCUT2D eigenvalue weighted by Gasteiger charge is -2.19. The Morgan fingerprint density at radius 3 is 2.70 bits per heavy atom. The summed E-state index contributed by atoms with van der Waals surface area (Å²) in [5, 5.41) is 20.5. The molecular formula is C18H25N3O2. The first-order chi connectivity index (χ1) is 10.9. The van der Waals surface area contributed by atoms with E-state index in [1.54, 1.807) is 6.07 Å². The van der Waals surface area contributed by atoms with Crippen LogP contribution in [0.1, 0.15) is 56.0 Å². The standard InChI is InChI=1S/C18H25N3O2/c1-4-18(2,3)21-17(20-13-19)12-14-8-5-6-9-15(14)16(23)10-7-11-22/h5-6,8-9,22H,4,7,10-12H2,1-3H3,(H,20,21). The molecule has 1 rings (SSSR count). The molecule has 0 saturated heterocycles. The number of hydrogen-bond acceptors (Lipinski definition) is 4. The molecule has 0 atom stereocenters. The first kappa shape index (κ1) is 18.9. The normalized spacial score (nSPS) is 11.9. The van der Waals surface area contributed by atoms with Crippen LogP contribution in [0.3, 0.4) is 0 Å². The smallest absolute Gasteiger partial charge is 0.182 e. The Bertz CT molecular complexity index is 601. The Hall–Kier alpha value is -2.19. The Balaban J connectivity index is 3.06. The van der Waals surface area contributed by atoms with Gasteiger partial charge in [-0.25, -0.2) is 0 Å². The van der Waals surface area contributed by atoms with Crippen LogP contribution in [0.2, 0.25) is 0 Å². The van der Waals surface area contributed by atoms with E-state index in [1.807, 2.05) is 45.2 Å². The molecule has 23 heavy (non-hydrogen) atoms. The zero-order chi connectivity index (χ0) is 17.3. The van der Waals surface area contributed by atoms with Crippen LogP contribution in [0.5, 0.6) is 0 Å². The van der Waals surface area contributed by atoms with Gasteiger partial charge >= 0.3 is 0 Å². The second-order valence-electron chi connectivity index (χ2n) is 6.05. The number of aliphatic imine (C=N–C) groups is 1. The summed E-state index contributed by atoms with van der Waals surface area (Å²) in [4.78, 5) is 16.9. The lowest BCUT2D eigenvalue weighted by molar-refractivity contribution is 0.0970. The highest BCUT2D eigenvalue weighted by Gasteiger charge is 2.17. The van der Waals surface area contributed by atoms with Crippen LogP contribution in [-0.4, -0.2) is 28.9 Å². The fraction of sp³-hybridized carbons (Fsp3) is 0.500. The van der Waals surface area contributed by atoms with Gasteiger partial charge in [0.15, 0.2) is 12.0 Å². The maximum Gasteiger partial charge on any atom is 0.182 e. The second kappa shape index (κ2) is 9.06.